The highest BCUT2D eigenvalue weighted by Crippen LogP contribution is 2.36. The van der Waals surface area contributed by atoms with E-state index in [-0.39, 0.29) is 11.7 Å². The first kappa shape index (κ1) is 22.7. The first-order chi connectivity index (χ1) is 15.9. The number of nitrogens with zero attached hydrogens (tertiary/aromatic N) is 2. The fraction of sp³-hybridized carbons (Fsp3) is 0.440. The van der Waals surface area contributed by atoms with E-state index in [9.17, 15) is 5.11 Å². The van der Waals surface area contributed by atoms with E-state index in [2.05, 4.69) is 60.9 Å². The summed E-state index contributed by atoms with van der Waals surface area (Å²) in [6.45, 7) is 4.83. The molecule has 5 rings (SSSR count). The monoisotopic (exact) mass is 482 g/mol. The minimum Gasteiger partial charge on any atom is -0.393 e. The standard InChI is InChI=1S/C25H30N4O2S2/c1-25(2)14-20-21(15-31-25)33-24(27-20)29-23-13-19(32-18-6-4-3-5-7-18)12-22(28-23)26-16-8-10-17(30)11-9-16/h3-7,12-13,16-17,30H,8-11,14-15H2,1-2H3,(H2,26,27,28,29). The van der Waals surface area contributed by atoms with Crippen LogP contribution < -0.4 is 10.6 Å². The van der Waals surface area contributed by atoms with Crippen LogP contribution in [0, 0.1) is 0 Å². The Morgan fingerprint density at radius 2 is 1.79 bits per heavy atom. The lowest BCUT2D eigenvalue weighted by molar-refractivity contribution is -0.0393. The Labute approximate surface area is 203 Å². The van der Waals surface area contributed by atoms with E-state index >= 15 is 0 Å². The molecule has 2 aromatic heterocycles. The zero-order valence-electron chi connectivity index (χ0n) is 19.0. The summed E-state index contributed by atoms with van der Waals surface area (Å²) in [6, 6.07) is 14.9. The number of ether oxygens (including phenoxy) is 1. The first-order valence-corrected chi connectivity index (χ1v) is 13.1. The van der Waals surface area contributed by atoms with Crippen LogP contribution in [-0.4, -0.2) is 32.8 Å². The van der Waals surface area contributed by atoms with E-state index in [0.29, 0.717) is 12.6 Å². The molecule has 0 spiro atoms. The molecule has 3 N–H and O–H groups in total. The molecule has 3 heterocycles. The van der Waals surface area contributed by atoms with Gasteiger partial charge in [-0.05, 0) is 63.8 Å². The number of hydrogen-bond donors (Lipinski definition) is 3. The number of anilines is 3. The van der Waals surface area contributed by atoms with Crippen molar-refractivity contribution in [3.8, 4) is 0 Å². The Kier molecular flexibility index (Phi) is 6.60. The number of benzene rings is 1. The van der Waals surface area contributed by atoms with Gasteiger partial charge < -0.3 is 20.5 Å². The molecule has 6 nitrogen and oxygen atoms in total. The minimum atomic E-state index is -0.173. The molecule has 0 bridgehead atoms. The smallest absolute Gasteiger partial charge is 0.188 e. The second-order valence-electron chi connectivity index (χ2n) is 9.38. The van der Waals surface area contributed by atoms with Crippen molar-refractivity contribution in [2.24, 2.45) is 0 Å². The van der Waals surface area contributed by atoms with Crippen molar-refractivity contribution in [2.75, 3.05) is 10.6 Å². The Balaban J connectivity index is 1.38. The third kappa shape index (κ3) is 5.87. The van der Waals surface area contributed by atoms with E-state index in [0.717, 1.165) is 59.5 Å². The van der Waals surface area contributed by atoms with Gasteiger partial charge in [0, 0.05) is 22.3 Å². The van der Waals surface area contributed by atoms with Gasteiger partial charge in [0.05, 0.1) is 28.9 Å². The summed E-state index contributed by atoms with van der Waals surface area (Å²) in [4.78, 5) is 13.2. The molecule has 174 valence electrons. The summed E-state index contributed by atoms with van der Waals surface area (Å²) >= 11 is 3.36. The highest BCUT2D eigenvalue weighted by molar-refractivity contribution is 7.99. The van der Waals surface area contributed by atoms with Crippen molar-refractivity contribution in [1.29, 1.82) is 0 Å². The average molecular weight is 483 g/mol. The maximum atomic E-state index is 9.84. The van der Waals surface area contributed by atoms with Gasteiger partial charge >= 0.3 is 0 Å². The summed E-state index contributed by atoms with van der Waals surface area (Å²) in [5, 5.41) is 17.7. The lowest BCUT2D eigenvalue weighted by Gasteiger charge is -2.28. The fourth-order valence-corrected chi connectivity index (χ4v) is 6.07. The molecule has 33 heavy (non-hydrogen) atoms. The van der Waals surface area contributed by atoms with E-state index in [1.54, 1.807) is 23.1 Å². The number of aliphatic hydroxyl groups excluding tert-OH is 1. The van der Waals surface area contributed by atoms with Crippen LogP contribution in [0.1, 0.15) is 50.1 Å². The van der Waals surface area contributed by atoms with Gasteiger partial charge in [0.25, 0.3) is 0 Å². The van der Waals surface area contributed by atoms with Crippen molar-refractivity contribution in [3.63, 3.8) is 0 Å². The molecule has 0 saturated heterocycles. The number of rotatable bonds is 6. The lowest BCUT2D eigenvalue weighted by Crippen LogP contribution is -2.31. The number of pyridine rings is 1. The second kappa shape index (κ2) is 9.62. The van der Waals surface area contributed by atoms with Gasteiger partial charge in [0.1, 0.15) is 11.6 Å². The Morgan fingerprint density at radius 3 is 2.58 bits per heavy atom. The van der Waals surface area contributed by atoms with Crippen molar-refractivity contribution in [1.82, 2.24) is 9.97 Å². The van der Waals surface area contributed by atoms with Gasteiger partial charge in [0.15, 0.2) is 5.13 Å². The maximum Gasteiger partial charge on any atom is 0.188 e. The molecule has 0 unspecified atom stereocenters. The number of aliphatic hydroxyl groups is 1. The molecule has 3 aromatic rings. The molecular weight excluding hydrogens is 452 g/mol. The van der Waals surface area contributed by atoms with Crippen LogP contribution in [0.5, 0.6) is 0 Å². The average Bonchev–Trinajstić information content (AvgIpc) is 3.16. The number of fused-ring (bicyclic) bond motifs is 1. The molecule has 1 fully saturated rings. The summed E-state index contributed by atoms with van der Waals surface area (Å²) in [5.41, 5.74) is 0.945. The highest BCUT2D eigenvalue weighted by Gasteiger charge is 2.29. The van der Waals surface area contributed by atoms with Crippen LogP contribution >= 0.6 is 23.1 Å². The quantitative estimate of drug-likeness (QED) is 0.398. The Morgan fingerprint density at radius 1 is 1.03 bits per heavy atom. The minimum absolute atomic E-state index is 0.168. The van der Waals surface area contributed by atoms with Gasteiger partial charge in [-0.25, -0.2) is 9.97 Å². The largest absolute Gasteiger partial charge is 0.393 e. The van der Waals surface area contributed by atoms with Crippen LogP contribution in [0.4, 0.5) is 16.8 Å². The van der Waals surface area contributed by atoms with Crippen LogP contribution in [0.3, 0.4) is 0 Å². The molecule has 1 aliphatic heterocycles. The zero-order valence-corrected chi connectivity index (χ0v) is 20.6. The van der Waals surface area contributed by atoms with Crippen LogP contribution in [0.15, 0.2) is 52.3 Å². The number of nitrogens with one attached hydrogen (secondary N) is 2. The molecule has 2 aliphatic rings. The first-order valence-electron chi connectivity index (χ1n) is 11.5. The molecule has 0 atom stereocenters. The lowest BCUT2D eigenvalue weighted by atomic mass is 9.93. The third-order valence-electron chi connectivity index (χ3n) is 6.03. The molecule has 1 aromatic carbocycles. The molecule has 0 radical (unpaired) electrons. The van der Waals surface area contributed by atoms with Crippen molar-refractivity contribution in [3.05, 3.63) is 53.0 Å². The molecule has 8 heteroatoms. The van der Waals surface area contributed by atoms with Gasteiger partial charge in [-0.2, -0.15) is 0 Å². The van der Waals surface area contributed by atoms with Gasteiger partial charge in [0.2, 0.25) is 0 Å². The van der Waals surface area contributed by atoms with Crippen molar-refractivity contribution >= 4 is 39.9 Å². The normalized spacial score (nSPS) is 21.9. The van der Waals surface area contributed by atoms with Crippen molar-refractivity contribution < 1.29 is 9.84 Å². The summed E-state index contributed by atoms with van der Waals surface area (Å²) in [7, 11) is 0. The van der Waals surface area contributed by atoms with Crippen molar-refractivity contribution in [2.45, 2.75) is 80.1 Å². The second-order valence-corrected chi connectivity index (χ2v) is 11.6. The topological polar surface area (TPSA) is 79.3 Å². The van der Waals surface area contributed by atoms with Gasteiger partial charge in [-0.3, -0.25) is 0 Å². The molecule has 1 aliphatic carbocycles. The Bertz CT molecular complexity index is 1100. The SMILES string of the molecule is CC1(C)Cc2nc(Nc3cc(Sc4ccccc4)cc(NC4CCC(O)CC4)n3)sc2CO1. The predicted molar refractivity (Wildman–Crippen MR) is 135 cm³/mol. The molecule has 0 amide bonds. The summed E-state index contributed by atoms with van der Waals surface area (Å²) in [6.07, 6.45) is 4.23. The van der Waals surface area contributed by atoms with E-state index < -0.39 is 0 Å². The fourth-order valence-electron chi connectivity index (χ4n) is 4.27. The highest BCUT2D eigenvalue weighted by atomic mass is 32.2. The van der Waals surface area contributed by atoms with E-state index in [1.165, 1.54) is 9.77 Å². The van der Waals surface area contributed by atoms with Gasteiger partial charge in [-0.1, -0.05) is 41.3 Å². The molecular formula is C25H30N4O2S2. The van der Waals surface area contributed by atoms with E-state index in [4.69, 9.17) is 14.7 Å². The predicted octanol–water partition coefficient (Wildman–Crippen LogP) is 6.00. The summed E-state index contributed by atoms with van der Waals surface area (Å²) in [5.74, 6) is 1.63. The number of thiazole rings is 1. The zero-order chi connectivity index (χ0) is 22.8. The third-order valence-corrected chi connectivity index (χ3v) is 7.99. The molecule has 1 saturated carbocycles. The number of aromatic nitrogens is 2. The van der Waals surface area contributed by atoms with Crippen LogP contribution in [-0.2, 0) is 17.8 Å². The number of hydrogen-bond acceptors (Lipinski definition) is 8. The van der Waals surface area contributed by atoms with Crippen LogP contribution in [0.2, 0.25) is 0 Å². The summed E-state index contributed by atoms with van der Waals surface area (Å²) < 4.78 is 5.95. The Hall–Kier alpha value is -2.13. The van der Waals surface area contributed by atoms with Crippen LogP contribution in [0.25, 0.3) is 0 Å². The van der Waals surface area contributed by atoms with Gasteiger partial charge in [-0.15, -0.1) is 0 Å². The maximum absolute atomic E-state index is 9.84. The van der Waals surface area contributed by atoms with E-state index in [1.807, 2.05) is 6.07 Å².